The summed E-state index contributed by atoms with van der Waals surface area (Å²) in [6, 6.07) is 5.16. The number of benzene rings is 1. The Morgan fingerprint density at radius 2 is 1.95 bits per heavy atom. The van der Waals surface area contributed by atoms with Crippen molar-refractivity contribution < 1.29 is 9.90 Å². The molecular formula is C15H20N4O2. The zero-order valence-corrected chi connectivity index (χ0v) is 11.9. The molecule has 21 heavy (non-hydrogen) atoms. The minimum absolute atomic E-state index is 0.319. The number of amides is 1. The van der Waals surface area contributed by atoms with Crippen LogP contribution in [0.3, 0.4) is 0 Å². The van der Waals surface area contributed by atoms with Gasteiger partial charge in [0.05, 0.1) is 17.7 Å². The first kappa shape index (κ1) is 15.3. The van der Waals surface area contributed by atoms with Crippen molar-refractivity contribution in [3.8, 4) is 0 Å². The smallest absolute Gasteiger partial charge is 0.250 e. The molecule has 0 bridgehead atoms. The zero-order valence-electron chi connectivity index (χ0n) is 11.9. The average Bonchev–Trinajstić information content (AvgIpc) is 3.01. The van der Waals surface area contributed by atoms with Crippen molar-refractivity contribution in [2.75, 3.05) is 26.2 Å². The molecule has 0 radical (unpaired) electrons. The number of β-amino-alcohol motifs (C(OH)–C–C–N with tert-alkyl or cyclic N) is 1. The van der Waals surface area contributed by atoms with E-state index in [1.165, 1.54) is 32.1 Å². The summed E-state index contributed by atoms with van der Waals surface area (Å²) in [6.45, 7) is 3.58. The van der Waals surface area contributed by atoms with Gasteiger partial charge in [0.2, 0.25) is 0 Å². The molecule has 0 aliphatic carbocycles. The molecule has 1 aliphatic rings. The fraction of sp³-hybridized carbons (Fsp3) is 0.400. The third kappa shape index (κ3) is 4.21. The number of hydrogen-bond acceptors (Lipinski definition) is 5. The van der Waals surface area contributed by atoms with Crippen LogP contribution < -0.4 is 5.73 Å². The Labute approximate surface area is 123 Å². The monoisotopic (exact) mass is 288 g/mol. The maximum absolute atomic E-state index is 11.0. The molecule has 6 nitrogen and oxygen atoms in total. The van der Waals surface area contributed by atoms with Crippen LogP contribution in [0.2, 0.25) is 0 Å². The number of carbonyl (C=O) groups excluding carboxylic acids is 1. The molecule has 2 aromatic rings. The van der Waals surface area contributed by atoms with Crippen molar-refractivity contribution in [1.29, 1.82) is 0 Å². The fourth-order valence-electron chi connectivity index (χ4n) is 2.34. The van der Waals surface area contributed by atoms with Crippen molar-refractivity contribution in [2.45, 2.75) is 12.8 Å². The van der Waals surface area contributed by atoms with E-state index < -0.39 is 5.91 Å². The molecule has 1 amide bonds. The highest BCUT2D eigenvalue weighted by Crippen LogP contribution is 2.12. The summed E-state index contributed by atoms with van der Waals surface area (Å²) in [7, 11) is 0. The summed E-state index contributed by atoms with van der Waals surface area (Å²) in [5, 5.41) is 8.48. The summed E-state index contributed by atoms with van der Waals surface area (Å²) in [5.41, 5.74) is 6.81. The third-order valence-electron chi connectivity index (χ3n) is 3.38. The maximum atomic E-state index is 11.0. The molecule has 1 aromatic heterocycles. The first-order chi connectivity index (χ1) is 10.2. The number of likely N-dealkylation sites (tertiary alicyclic amines) is 1. The quantitative estimate of drug-likeness (QED) is 0.871. The standard InChI is InChI=1S/C9H7N3O.C6H13NO/c10-9(13)6-2-1-3-7-8(6)12-5-4-11-7;8-6-5-7-3-1-2-4-7/h1-5H,(H2,10,13);8H,1-6H2. The summed E-state index contributed by atoms with van der Waals surface area (Å²) in [4.78, 5) is 21.4. The van der Waals surface area contributed by atoms with E-state index in [1.807, 2.05) is 0 Å². The van der Waals surface area contributed by atoms with Crippen LogP contribution in [0.15, 0.2) is 30.6 Å². The average molecular weight is 288 g/mol. The van der Waals surface area contributed by atoms with Gasteiger partial charge in [-0.1, -0.05) is 6.07 Å². The van der Waals surface area contributed by atoms with Crippen molar-refractivity contribution >= 4 is 16.9 Å². The number of primary amides is 1. The Bertz CT molecular complexity index is 592. The molecule has 3 rings (SSSR count). The number of carbonyl (C=O) groups is 1. The van der Waals surface area contributed by atoms with E-state index in [9.17, 15) is 4.79 Å². The molecule has 0 atom stereocenters. The van der Waals surface area contributed by atoms with Gasteiger partial charge in [-0.05, 0) is 38.1 Å². The van der Waals surface area contributed by atoms with Crippen LogP contribution in [0.4, 0.5) is 0 Å². The lowest BCUT2D eigenvalue weighted by atomic mass is 10.1. The number of aliphatic hydroxyl groups is 1. The Morgan fingerprint density at radius 1 is 1.24 bits per heavy atom. The second-order valence-corrected chi connectivity index (χ2v) is 4.87. The van der Waals surface area contributed by atoms with Crippen molar-refractivity contribution in [2.24, 2.45) is 5.73 Å². The largest absolute Gasteiger partial charge is 0.395 e. The lowest BCUT2D eigenvalue weighted by Gasteiger charge is -2.10. The Hall–Kier alpha value is -2.05. The molecule has 1 aromatic carbocycles. The highest BCUT2D eigenvalue weighted by molar-refractivity contribution is 6.03. The van der Waals surface area contributed by atoms with Crippen molar-refractivity contribution in [3.05, 3.63) is 36.2 Å². The summed E-state index contributed by atoms with van der Waals surface area (Å²) in [6.07, 6.45) is 5.75. The predicted molar refractivity (Wildman–Crippen MR) is 80.8 cm³/mol. The SMILES string of the molecule is NC(=O)c1cccc2nccnc12.OCCN1CCCC1. The Kier molecular flexibility index (Phi) is 5.59. The van der Waals surface area contributed by atoms with Gasteiger partial charge in [0.25, 0.3) is 5.91 Å². The topological polar surface area (TPSA) is 92.3 Å². The predicted octanol–water partition coefficient (Wildman–Crippen LogP) is 0.803. The normalized spacial score (nSPS) is 14.7. The highest BCUT2D eigenvalue weighted by Gasteiger charge is 2.09. The van der Waals surface area contributed by atoms with Crippen LogP contribution in [0, 0.1) is 0 Å². The van der Waals surface area contributed by atoms with E-state index in [2.05, 4.69) is 14.9 Å². The number of fused-ring (bicyclic) bond motifs is 1. The van der Waals surface area contributed by atoms with E-state index in [1.54, 1.807) is 24.4 Å². The molecule has 112 valence electrons. The number of para-hydroxylation sites is 1. The van der Waals surface area contributed by atoms with Crippen LogP contribution in [-0.4, -0.2) is 52.1 Å². The second-order valence-electron chi connectivity index (χ2n) is 4.87. The molecule has 6 heteroatoms. The zero-order chi connectivity index (χ0) is 15.1. The number of nitrogens with zero attached hydrogens (tertiary/aromatic N) is 3. The lowest BCUT2D eigenvalue weighted by Crippen LogP contribution is -2.22. The highest BCUT2D eigenvalue weighted by atomic mass is 16.3. The third-order valence-corrected chi connectivity index (χ3v) is 3.38. The van der Waals surface area contributed by atoms with Gasteiger partial charge in [-0.25, -0.2) is 0 Å². The first-order valence-electron chi connectivity index (χ1n) is 7.05. The minimum Gasteiger partial charge on any atom is -0.395 e. The molecule has 0 saturated carbocycles. The number of aliphatic hydroxyl groups excluding tert-OH is 1. The molecule has 0 unspecified atom stereocenters. The van der Waals surface area contributed by atoms with Gasteiger partial charge in [0.1, 0.15) is 5.52 Å². The van der Waals surface area contributed by atoms with Crippen LogP contribution in [0.1, 0.15) is 23.2 Å². The van der Waals surface area contributed by atoms with Gasteiger partial charge < -0.3 is 15.7 Å². The summed E-state index contributed by atoms with van der Waals surface area (Å²) < 4.78 is 0. The molecule has 1 aliphatic heterocycles. The molecule has 3 N–H and O–H groups in total. The van der Waals surface area contributed by atoms with Crippen LogP contribution >= 0.6 is 0 Å². The van der Waals surface area contributed by atoms with Crippen molar-refractivity contribution in [1.82, 2.24) is 14.9 Å². The van der Waals surface area contributed by atoms with E-state index in [4.69, 9.17) is 10.8 Å². The van der Waals surface area contributed by atoms with Gasteiger partial charge in [0, 0.05) is 18.9 Å². The lowest BCUT2D eigenvalue weighted by molar-refractivity contribution is 0.100. The minimum atomic E-state index is -0.480. The van der Waals surface area contributed by atoms with E-state index in [0.717, 1.165) is 6.54 Å². The molecule has 1 saturated heterocycles. The number of nitrogens with two attached hydrogens (primary N) is 1. The van der Waals surface area contributed by atoms with Gasteiger partial charge in [-0.2, -0.15) is 0 Å². The number of hydrogen-bond donors (Lipinski definition) is 2. The molecular weight excluding hydrogens is 268 g/mol. The summed E-state index contributed by atoms with van der Waals surface area (Å²) in [5.74, 6) is -0.480. The number of aromatic nitrogens is 2. The van der Waals surface area contributed by atoms with E-state index in [0.29, 0.717) is 23.2 Å². The molecule has 1 fully saturated rings. The van der Waals surface area contributed by atoms with Gasteiger partial charge in [-0.15, -0.1) is 0 Å². The van der Waals surface area contributed by atoms with Crippen LogP contribution in [0.5, 0.6) is 0 Å². The van der Waals surface area contributed by atoms with Gasteiger partial charge in [-0.3, -0.25) is 14.8 Å². The summed E-state index contributed by atoms with van der Waals surface area (Å²) >= 11 is 0. The molecule has 2 heterocycles. The molecule has 0 spiro atoms. The van der Waals surface area contributed by atoms with Crippen molar-refractivity contribution in [3.63, 3.8) is 0 Å². The first-order valence-corrected chi connectivity index (χ1v) is 7.05. The van der Waals surface area contributed by atoms with Crippen LogP contribution in [0.25, 0.3) is 11.0 Å². The van der Waals surface area contributed by atoms with Gasteiger partial charge >= 0.3 is 0 Å². The maximum Gasteiger partial charge on any atom is 0.250 e. The Balaban J connectivity index is 0.000000173. The Morgan fingerprint density at radius 3 is 2.62 bits per heavy atom. The number of rotatable bonds is 3. The second kappa shape index (κ2) is 7.66. The fourth-order valence-corrected chi connectivity index (χ4v) is 2.34. The van der Waals surface area contributed by atoms with E-state index in [-0.39, 0.29) is 0 Å². The van der Waals surface area contributed by atoms with Gasteiger partial charge in [0.15, 0.2) is 0 Å². The van der Waals surface area contributed by atoms with E-state index >= 15 is 0 Å². The van der Waals surface area contributed by atoms with Crippen LogP contribution in [-0.2, 0) is 0 Å².